The zero-order valence-corrected chi connectivity index (χ0v) is 21.7. The van der Waals surface area contributed by atoms with Gasteiger partial charge in [0.2, 0.25) is 0 Å². The van der Waals surface area contributed by atoms with Crippen LogP contribution in [0.2, 0.25) is 32.6 Å². The molecule has 141 valence electrons. The molecule has 0 fully saturated rings. The molecule has 2 aromatic carbocycles. The Morgan fingerprint density at radius 3 is 1.31 bits per heavy atom. The molecule has 0 bridgehead atoms. The van der Waals surface area contributed by atoms with E-state index in [1.165, 1.54) is 20.0 Å². The van der Waals surface area contributed by atoms with E-state index < -0.39 is 27.8 Å². The van der Waals surface area contributed by atoms with Crippen LogP contribution >= 0.6 is 0 Å². The third-order valence-electron chi connectivity index (χ3n) is 5.27. The van der Waals surface area contributed by atoms with Gasteiger partial charge in [0.05, 0.1) is 0 Å². The average Bonchev–Trinajstić information content (AvgIpc) is 2.54. The Bertz CT molecular complexity index is 615. The van der Waals surface area contributed by atoms with Gasteiger partial charge >= 0.3 is 171 Å². The fourth-order valence-corrected chi connectivity index (χ4v) is 29.6. The SMILES string of the molecule is CC(C)([CH2][Sn]([CH2]C(C)(C)c1ccccc1)[CH2][Si](C)(C)C)c1ccccc1. The third-order valence-corrected chi connectivity index (χ3v) is 28.1. The summed E-state index contributed by atoms with van der Waals surface area (Å²) in [5.74, 6) is 0. The average molecular weight is 472 g/mol. The fourth-order valence-electron chi connectivity index (χ4n) is 4.17. The Morgan fingerprint density at radius 2 is 1.00 bits per heavy atom. The Labute approximate surface area is 170 Å². The standard InChI is InChI=1S/2C10H13.C4H11Si.Sn/c2*1-10(2,3)9-7-5-4-6-8-9;1-5(2,3)4;/h2*4-8H,1H2,2-3H3;1H2,2-4H3;. The van der Waals surface area contributed by atoms with Crippen molar-refractivity contribution >= 4 is 27.8 Å². The molecule has 2 heteroatoms. The zero-order valence-electron chi connectivity index (χ0n) is 17.9. The summed E-state index contributed by atoms with van der Waals surface area (Å²) in [6.07, 6.45) is 0. The first kappa shape index (κ1) is 21.8. The molecule has 0 saturated carbocycles. The van der Waals surface area contributed by atoms with E-state index in [-0.39, 0.29) is 0 Å². The van der Waals surface area contributed by atoms with Crippen LogP contribution in [0, 0.1) is 0 Å². The molecule has 0 aliphatic heterocycles. The summed E-state index contributed by atoms with van der Waals surface area (Å²) in [5, 5.41) is 0. The predicted molar refractivity (Wildman–Crippen MR) is 122 cm³/mol. The van der Waals surface area contributed by atoms with Crippen molar-refractivity contribution < 1.29 is 0 Å². The summed E-state index contributed by atoms with van der Waals surface area (Å²) in [4.78, 5) is 0. The molecule has 0 aromatic heterocycles. The molecule has 0 unspecified atom stereocenters. The van der Waals surface area contributed by atoms with E-state index in [2.05, 4.69) is 108 Å². The van der Waals surface area contributed by atoms with Gasteiger partial charge in [0.1, 0.15) is 0 Å². The summed E-state index contributed by atoms with van der Waals surface area (Å²) in [7, 11) is -1.03. The van der Waals surface area contributed by atoms with Crippen molar-refractivity contribution in [1.29, 1.82) is 0 Å². The molecule has 2 aromatic rings. The second kappa shape index (κ2) is 8.64. The van der Waals surface area contributed by atoms with Crippen molar-refractivity contribution in [2.75, 3.05) is 0 Å². The second-order valence-corrected chi connectivity index (χ2v) is 25.1. The van der Waals surface area contributed by atoms with Crippen LogP contribution in [0.1, 0.15) is 38.8 Å². The maximum absolute atomic E-state index is 2.57. The molecule has 0 N–H and O–H groups in total. The van der Waals surface area contributed by atoms with Gasteiger partial charge in [0.15, 0.2) is 0 Å². The topological polar surface area (TPSA) is 0 Å². The van der Waals surface area contributed by atoms with E-state index in [9.17, 15) is 0 Å². The molecule has 0 aliphatic rings. The van der Waals surface area contributed by atoms with Crippen molar-refractivity contribution in [1.82, 2.24) is 0 Å². The Balaban J connectivity index is 2.23. The first-order valence-electron chi connectivity index (χ1n) is 9.94. The van der Waals surface area contributed by atoms with E-state index in [0.717, 1.165) is 0 Å². The monoisotopic (exact) mass is 473 g/mol. The minimum absolute atomic E-state index is 0.308. The molecule has 2 rings (SSSR count). The van der Waals surface area contributed by atoms with Crippen molar-refractivity contribution in [2.24, 2.45) is 0 Å². The van der Waals surface area contributed by atoms with E-state index in [4.69, 9.17) is 0 Å². The molecule has 0 atom stereocenters. The van der Waals surface area contributed by atoms with Crippen LogP contribution in [0.25, 0.3) is 0 Å². The molecule has 0 heterocycles. The first-order valence-corrected chi connectivity index (χ1v) is 19.7. The van der Waals surface area contributed by atoms with Gasteiger partial charge in [-0.25, -0.2) is 0 Å². The molecular weight excluding hydrogens is 435 g/mol. The van der Waals surface area contributed by atoms with E-state index >= 15 is 0 Å². The molecule has 0 amide bonds. The van der Waals surface area contributed by atoms with Gasteiger partial charge in [-0.2, -0.15) is 0 Å². The summed E-state index contributed by atoms with van der Waals surface area (Å²) in [6, 6.07) is 22.4. The summed E-state index contributed by atoms with van der Waals surface area (Å²) < 4.78 is 4.52. The number of rotatable bonds is 8. The van der Waals surface area contributed by atoms with Crippen molar-refractivity contribution in [3.63, 3.8) is 0 Å². The molecule has 0 spiro atoms. The molecule has 1 radical (unpaired) electrons. The maximum atomic E-state index is 2.57. The third kappa shape index (κ3) is 6.56. The van der Waals surface area contributed by atoms with Gasteiger partial charge in [0.25, 0.3) is 0 Å². The van der Waals surface area contributed by atoms with Crippen LogP contribution in [-0.2, 0) is 10.8 Å². The first-order chi connectivity index (χ1) is 12.0. The number of benzene rings is 2. The van der Waals surface area contributed by atoms with E-state index in [0.29, 0.717) is 10.8 Å². The van der Waals surface area contributed by atoms with Crippen molar-refractivity contribution in [3.8, 4) is 0 Å². The van der Waals surface area contributed by atoms with Gasteiger partial charge in [-0.3, -0.25) is 0 Å². The Morgan fingerprint density at radius 1 is 0.654 bits per heavy atom. The van der Waals surface area contributed by atoms with Gasteiger partial charge in [-0.15, -0.1) is 0 Å². The van der Waals surface area contributed by atoms with Crippen LogP contribution in [0.3, 0.4) is 0 Å². The van der Waals surface area contributed by atoms with Gasteiger partial charge in [-0.05, 0) is 0 Å². The molecule has 26 heavy (non-hydrogen) atoms. The van der Waals surface area contributed by atoms with Crippen LogP contribution < -0.4 is 0 Å². The summed E-state index contributed by atoms with van der Waals surface area (Å²) >= 11 is -1.57. The fraction of sp³-hybridized carbons (Fsp3) is 0.500. The van der Waals surface area contributed by atoms with Crippen molar-refractivity contribution in [3.05, 3.63) is 71.8 Å². The summed E-state index contributed by atoms with van der Waals surface area (Å²) in [6.45, 7) is 17.6. The molecule has 0 aliphatic carbocycles. The molecule has 0 saturated heterocycles. The van der Waals surface area contributed by atoms with E-state index in [1.807, 2.05) is 0 Å². The van der Waals surface area contributed by atoms with Gasteiger partial charge in [-0.1, -0.05) is 0 Å². The predicted octanol–water partition coefficient (Wildman–Crippen LogP) is 7.31. The van der Waals surface area contributed by atoms with Crippen LogP contribution in [-0.4, -0.2) is 27.8 Å². The van der Waals surface area contributed by atoms with Gasteiger partial charge in [0, 0.05) is 0 Å². The Kier molecular flexibility index (Phi) is 7.23. The number of hydrogen-bond acceptors (Lipinski definition) is 0. The summed E-state index contributed by atoms with van der Waals surface area (Å²) in [5.41, 5.74) is 3.66. The normalized spacial score (nSPS) is 13.2. The van der Waals surface area contributed by atoms with Crippen LogP contribution in [0.5, 0.6) is 0 Å². The van der Waals surface area contributed by atoms with E-state index in [1.54, 1.807) is 4.06 Å². The van der Waals surface area contributed by atoms with Crippen LogP contribution in [0.4, 0.5) is 0 Å². The minimum atomic E-state index is -1.57. The molecular formula is C24H37SiSn. The second-order valence-electron chi connectivity index (χ2n) is 10.3. The zero-order chi connectivity index (χ0) is 19.4. The molecule has 0 nitrogen and oxygen atoms in total. The van der Waals surface area contributed by atoms with Gasteiger partial charge < -0.3 is 0 Å². The van der Waals surface area contributed by atoms with Crippen LogP contribution in [0.15, 0.2) is 60.7 Å². The van der Waals surface area contributed by atoms with Crippen molar-refractivity contribution in [2.45, 2.75) is 71.1 Å². The Hall–Kier alpha value is -0.544. The quantitative estimate of drug-likeness (QED) is 0.354. The number of hydrogen-bond donors (Lipinski definition) is 0.